The van der Waals surface area contributed by atoms with Crippen molar-refractivity contribution in [2.45, 2.75) is 33.7 Å². The molecule has 6 heteroatoms. The summed E-state index contributed by atoms with van der Waals surface area (Å²) >= 11 is 6.23. The topological polar surface area (TPSA) is 70.0 Å². The van der Waals surface area contributed by atoms with Gasteiger partial charge >= 0.3 is 0 Å². The van der Waals surface area contributed by atoms with Crippen LogP contribution in [0, 0.1) is 6.92 Å². The molecule has 2 N–H and O–H groups in total. The molecule has 0 aliphatic heterocycles. The maximum absolute atomic E-state index is 12.7. The zero-order chi connectivity index (χ0) is 15.9. The highest BCUT2D eigenvalue weighted by atomic mass is 35.5. The fourth-order valence-corrected chi connectivity index (χ4v) is 2.82. The molecule has 1 heterocycles. The highest BCUT2D eigenvalue weighted by Gasteiger charge is 2.25. The molecular weight excluding hydrogens is 290 g/mol. The van der Waals surface area contributed by atoms with Gasteiger partial charge in [0.15, 0.2) is 0 Å². The maximum Gasteiger partial charge on any atom is 0.277 e. The summed E-state index contributed by atoms with van der Waals surface area (Å²) in [6, 6.07) is 5.17. The molecule has 5 nitrogen and oxygen atoms in total. The monoisotopic (exact) mass is 307 g/mol. The van der Waals surface area contributed by atoms with Gasteiger partial charge in [0.1, 0.15) is 5.82 Å². The molecule has 0 aliphatic rings. The minimum atomic E-state index is -0.311. The first-order valence-electron chi connectivity index (χ1n) is 6.66. The molecule has 2 rings (SSSR count). The van der Waals surface area contributed by atoms with Crippen LogP contribution in [0.1, 0.15) is 37.2 Å². The van der Waals surface area contributed by atoms with Gasteiger partial charge in [-0.15, -0.1) is 0 Å². The normalized spacial score (nSPS) is 11.1. The van der Waals surface area contributed by atoms with Crippen molar-refractivity contribution in [2.24, 2.45) is 0 Å². The fraction of sp³-hybridized carbons (Fsp3) is 0.333. The lowest BCUT2D eigenvalue weighted by Crippen LogP contribution is -2.28. The number of aromatic nitrogens is 2. The molecule has 0 saturated carbocycles. The van der Waals surface area contributed by atoms with E-state index in [0.29, 0.717) is 10.6 Å². The van der Waals surface area contributed by atoms with E-state index in [9.17, 15) is 9.59 Å². The van der Waals surface area contributed by atoms with Crippen molar-refractivity contribution in [1.29, 1.82) is 0 Å². The average Bonchev–Trinajstić information content (AvgIpc) is 2.62. The van der Waals surface area contributed by atoms with Crippen LogP contribution >= 0.6 is 11.6 Å². The number of carbonyl (C=O) groups is 1. The Morgan fingerprint density at radius 2 is 1.90 bits per heavy atom. The molecule has 0 spiro atoms. The molecule has 0 saturated heterocycles. The SMILES string of the molecule is CC(=O)n1c(N)c(-c2c(C)cccc2Cl)c(=O)n1C(C)C. The van der Waals surface area contributed by atoms with E-state index in [4.69, 9.17) is 17.3 Å². The molecular formula is C15H18ClN3O2. The van der Waals surface area contributed by atoms with E-state index in [-0.39, 0.29) is 28.9 Å². The number of nitrogens with zero attached hydrogens (tertiary/aromatic N) is 2. The predicted molar refractivity (Wildman–Crippen MR) is 85.0 cm³/mol. The van der Waals surface area contributed by atoms with Crippen molar-refractivity contribution < 1.29 is 4.79 Å². The first kappa shape index (κ1) is 15.4. The minimum Gasteiger partial charge on any atom is -0.383 e. The summed E-state index contributed by atoms with van der Waals surface area (Å²) in [5, 5.41) is 0.440. The van der Waals surface area contributed by atoms with Crippen molar-refractivity contribution in [2.75, 3.05) is 5.73 Å². The number of benzene rings is 1. The van der Waals surface area contributed by atoms with Crippen LogP contribution in [0.2, 0.25) is 5.02 Å². The Balaban J connectivity index is 2.93. The highest BCUT2D eigenvalue weighted by molar-refractivity contribution is 6.33. The number of hydrogen-bond acceptors (Lipinski definition) is 3. The lowest BCUT2D eigenvalue weighted by atomic mass is 10.0. The van der Waals surface area contributed by atoms with Crippen LogP contribution in [0.3, 0.4) is 0 Å². The standard InChI is InChI=1S/C15H18ClN3O2/c1-8(2)18-15(21)13(14(17)19(18)10(4)20)12-9(3)6-5-7-11(12)16/h5-8H,17H2,1-4H3. The molecule has 2 aromatic rings. The predicted octanol–water partition coefficient (Wildman–Crippen LogP) is 3.10. The van der Waals surface area contributed by atoms with Crippen molar-refractivity contribution >= 4 is 23.3 Å². The molecule has 21 heavy (non-hydrogen) atoms. The molecule has 0 atom stereocenters. The number of nitrogens with two attached hydrogens (primary N) is 1. The third-order valence-electron chi connectivity index (χ3n) is 3.38. The summed E-state index contributed by atoms with van der Waals surface area (Å²) in [5.41, 5.74) is 7.46. The van der Waals surface area contributed by atoms with E-state index in [1.54, 1.807) is 12.1 Å². The van der Waals surface area contributed by atoms with Gasteiger partial charge in [-0.2, -0.15) is 0 Å². The second-order valence-corrected chi connectivity index (χ2v) is 5.67. The Hall–Kier alpha value is -2.01. The molecule has 0 fully saturated rings. The second-order valence-electron chi connectivity index (χ2n) is 5.27. The maximum atomic E-state index is 12.7. The Morgan fingerprint density at radius 1 is 1.29 bits per heavy atom. The van der Waals surface area contributed by atoms with Crippen LogP contribution in [0.25, 0.3) is 11.1 Å². The Morgan fingerprint density at radius 3 is 2.33 bits per heavy atom. The largest absolute Gasteiger partial charge is 0.383 e. The molecule has 0 unspecified atom stereocenters. The molecule has 0 radical (unpaired) electrons. The molecule has 1 aromatic heterocycles. The summed E-state index contributed by atoms with van der Waals surface area (Å²) in [7, 11) is 0. The zero-order valence-corrected chi connectivity index (χ0v) is 13.2. The number of hydrogen-bond donors (Lipinski definition) is 1. The molecule has 1 aromatic carbocycles. The van der Waals surface area contributed by atoms with Crippen LogP contribution in [0.5, 0.6) is 0 Å². The quantitative estimate of drug-likeness (QED) is 0.926. The molecule has 0 bridgehead atoms. The molecule has 112 valence electrons. The van der Waals surface area contributed by atoms with Crippen molar-refractivity contribution in [3.63, 3.8) is 0 Å². The average molecular weight is 308 g/mol. The lowest BCUT2D eigenvalue weighted by molar-refractivity contribution is 0.0899. The van der Waals surface area contributed by atoms with Crippen LogP contribution in [0.15, 0.2) is 23.0 Å². The van der Waals surface area contributed by atoms with Crippen molar-refractivity contribution in [3.05, 3.63) is 39.1 Å². The van der Waals surface area contributed by atoms with E-state index in [2.05, 4.69) is 0 Å². The highest BCUT2D eigenvalue weighted by Crippen LogP contribution is 2.33. The summed E-state index contributed by atoms with van der Waals surface area (Å²) in [6.45, 7) is 6.87. The fourth-order valence-electron chi connectivity index (χ4n) is 2.51. The number of carbonyl (C=O) groups excluding carboxylic acids is 1. The van der Waals surface area contributed by atoms with Gasteiger partial charge in [0.2, 0.25) is 5.91 Å². The number of anilines is 1. The van der Waals surface area contributed by atoms with Gasteiger partial charge in [-0.05, 0) is 32.4 Å². The van der Waals surface area contributed by atoms with Gasteiger partial charge in [0.25, 0.3) is 5.56 Å². The zero-order valence-electron chi connectivity index (χ0n) is 12.5. The second kappa shape index (κ2) is 5.41. The summed E-state index contributed by atoms with van der Waals surface area (Å²) in [6.07, 6.45) is 0. The van der Waals surface area contributed by atoms with Gasteiger partial charge in [-0.25, -0.2) is 9.36 Å². The number of rotatable bonds is 2. The molecule has 0 aliphatic carbocycles. The van der Waals surface area contributed by atoms with Gasteiger partial charge in [0, 0.05) is 23.6 Å². The van der Waals surface area contributed by atoms with Gasteiger partial charge in [0.05, 0.1) is 5.56 Å². The third-order valence-corrected chi connectivity index (χ3v) is 3.70. The Bertz CT molecular complexity index is 752. The lowest BCUT2D eigenvalue weighted by Gasteiger charge is -2.12. The van der Waals surface area contributed by atoms with Crippen LogP contribution in [0.4, 0.5) is 5.82 Å². The van der Waals surface area contributed by atoms with Crippen molar-refractivity contribution in [3.8, 4) is 11.1 Å². The Labute approximate surface area is 127 Å². The first-order chi connectivity index (χ1) is 9.77. The number of aryl methyl sites for hydroxylation is 1. The number of halogens is 1. The van der Waals surface area contributed by atoms with Crippen molar-refractivity contribution in [1.82, 2.24) is 9.36 Å². The van der Waals surface area contributed by atoms with Gasteiger partial charge in [-0.3, -0.25) is 9.59 Å². The summed E-state index contributed by atoms with van der Waals surface area (Å²) in [5.74, 6) is -0.188. The Kier molecular flexibility index (Phi) is 3.96. The van der Waals surface area contributed by atoms with E-state index in [1.807, 2.05) is 26.8 Å². The van der Waals surface area contributed by atoms with E-state index >= 15 is 0 Å². The number of nitrogen functional groups attached to an aromatic ring is 1. The van der Waals surface area contributed by atoms with Crippen LogP contribution < -0.4 is 11.3 Å². The van der Waals surface area contributed by atoms with Crippen LogP contribution in [-0.2, 0) is 0 Å². The van der Waals surface area contributed by atoms with Crippen LogP contribution in [-0.4, -0.2) is 15.3 Å². The minimum absolute atomic E-state index is 0.123. The van der Waals surface area contributed by atoms with E-state index in [0.717, 1.165) is 5.56 Å². The third kappa shape index (κ3) is 2.38. The van der Waals surface area contributed by atoms with Gasteiger partial charge in [-0.1, -0.05) is 23.7 Å². The van der Waals surface area contributed by atoms with Gasteiger partial charge < -0.3 is 5.73 Å². The first-order valence-corrected chi connectivity index (χ1v) is 7.04. The molecule has 0 amide bonds. The summed E-state index contributed by atoms with van der Waals surface area (Å²) < 4.78 is 2.57. The summed E-state index contributed by atoms with van der Waals surface area (Å²) in [4.78, 5) is 24.6. The van der Waals surface area contributed by atoms with E-state index in [1.165, 1.54) is 16.3 Å². The smallest absolute Gasteiger partial charge is 0.277 e. The van der Waals surface area contributed by atoms with E-state index < -0.39 is 0 Å².